The van der Waals surface area contributed by atoms with E-state index < -0.39 is 12.1 Å². The molecule has 1 aliphatic carbocycles. The van der Waals surface area contributed by atoms with Crippen molar-refractivity contribution in [2.24, 2.45) is 0 Å². The number of H-pyrrole nitrogens is 1. The number of ether oxygens (including phenoxy) is 1. The summed E-state index contributed by atoms with van der Waals surface area (Å²) in [5, 5.41) is 0.754. The molecule has 0 spiro atoms. The number of aromatic amines is 1. The van der Waals surface area contributed by atoms with Crippen molar-refractivity contribution in [2.45, 2.75) is 44.5 Å². The Labute approximate surface area is 165 Å². The Morgan fingerprint density at radius 2 is 2.15 bits per heavy atom. The van der Waals surface area contributed by atoms with Crippen LogP contribution in [0.5, 0.6) is 0 Å². The van der Waals surface area contributed by atoms with Gasteiger partial charge in [-0.1, -0.05) is 0 Å². The van der Waals surface area contributed by atoms with Gasteiger partial charge in [0.25, 0.3) is 11.5 Å². The standard InChI is InChI=1S/C18H23N3O4S2/c1-10(18(24)21(2)3)25-14(22)7-8-26-9-13-19-16(23)15-11-5-4-6-12(11)27-17(15)20-13/h10H,4-9H2,1-3H3,(H,19,20,23)/t10-/m1/s1. The van der Waals surface area contributed by atoms with Crippen LogP contribution in [-0.4, -0.2) is 52.7 Å². The summed E-state index contributed by atoms with van der Waals surface area (Å²) in [5.74, 6) is 1.03. The zero-order chi connectivity index (χ0) is 19.6. The number of nitrogens with zero attached hydrogens (tertiary/aromatic N) is 2. The predicted molar refractivity (Wildman–Crippen MR) is 107 cm³/mol. The number of fused-ring (bicyclic) bond motifs is 3. The minimum atomic E-state index is -0.779. The van der Waals surface area contributed by atoms with Crippen LogP contribution in [0.2, 0.25) is 0 Å². The molecule has 0 bridgehead atoms. The van der Waals surface area contributed by atoms with Gasteiger partial charge in [-0.2, -0.15) is 11.8 Å². The number of nitrogens with one attached hydrogen (secondary N) is 1. The van der Waals surface area contributed by atoms with Crippen LogP contribution in [0, 0.1) is 0 Å². The van der Waals surface area contributed by atoms with E-state index in [0.29, 0.717) is 17.3 Å². The second-order valence-electron chi connectivity index (χ2n) is 6.72. The van der Waals surface area contributed by atoms with Gasteiger partial charge in [-0.15, -0.1) is 11.3 Å². The van der Waals surface area contributed by atoms with Crippen LogP contribution in [0.4, 0.5) is 0 Å². The van der Waals surface area contributed by atoms with Crippen molar-refractivity contribution in [3.8, 4) is 0 Å². The summed E-state index contributed by atoms with van der Waals surface area (Å²) in [6.07, 6.45) is 2.54. The number of aryl methyl sites for hydroxylation is 2. The zero-order valence-electron chi connectivity index (χ0n) is 15.7. The van der Waals surface area contributed by atoms with Crippen LogP contribution >= 0.6 is 23.1 Å². The number of thioether (sulfide) groups is 1. The van der Waals surface area contributed by atoms with Gasteiger partial charge < -0.3 is 14.6 Å². The fourth-order valence-electron chi connectivity index (χ4n) is 3.11. The Kier molecular flexibility index (Phi) is 6.21. The van der Waals surface area contributed by atoms with Crippen molar-refractivity contribution >= 4 is 45.2 Å². The molecule has 1 amide bonds. The molecular formula is C18H23N3O4S2. The molecule has 2 aromatic rings. The molecule has 146 valence electrons. The molecule has 0 aliphatic heterocycles. The number of carbonyl (C=O) groups excluding carboxylic acids is 2. The highest BCUT2D eigenvalue weighted by molar-refractivity contribution is 7.98. The van der Waals surface area contributed by atoms with E-state index in [4.69, 9.17) is 4.74 Å². The van der Waals surface area contributed by atoms with E-state index in [1.165, 1.54) is 27.1 Å². The monoisotopic (exact) mass is 409 g/mol. The third kappa shape index (κ3) is 4.52. The molecule has 0 unspecified atom stereocenters. The lowest BCUT2D eigenvalue weighted by Crippen LogP contribution is -2.34. The van der Waals surface area contributed by atoms with Gasteiger partial charge in [-0.25, -0.2) is 4.98 Å². The number of hydrogen-bond donors (Lipinski definition) is 1. The second kappa shape index (κ2) is 8.43. The topological polar surface area (TPSA) is 92.4 Å². The van der Waals surface area contributed by atoms with Crippen molar-refractivity contribution < 1.29 is 14.3 Å². The Morgan fingerprint density at radius 3 is 2.89 bits per heavy atom. The average Bonchev–Trinajstić information content (AvgIpc) is 3.18. The molecule has 1 aliphatic rings. The number of rotatable bonds is 7. The second-order valence-corrected chi connectivity index (χ2v) is 8.91. The minimum absolute atomic E-state index is 0.0644. The Morgan fingerprint density at radius 1 is 1.37 bits per heavy atom. The van der Waals surface area contributed by atoms with Crippen molar-refractivity contribution in [3.63, 3.8) is 0 Å². The van der Waals surface area contributed by atoms with Crippen molar-refractivity contribution in [1.29, 1.82) is 0 Å². The summed E-state index contributed by atoms with van der Waals surface area (Å²) in [6, 6.07) is 0. The third-order valence-electron chi connectivity index (χ3n) is 4.41. The molecular weight excluding hydrogens is 386 g/mol. The first-order chi connectivity index (χ1) is 12.9. The molecule has 7 nitrogen and oxygen atoms in total. The molecule has 2 aromatic heterocycles. The molecule has 1 N–H and O–H groups in total. The Balaban J connectivity index is 1.50. The highest BCUT2D eigenvalue weighted by atomic mass is 32.2. The van der Waals surface area contributed by atoms with E-state index in [-0.39, 0.29) is 17.9 Å². The smallest absolute Gasteiger partial charge is 0.307 e. The molecule has 2 heterocycles. The largest absolute Gasteiger partial charge is 0.453 e. The summed E-state index contributed by atoms with van der Waals surface area (Å²) < 4.78 is 5.12. The lowest BCUT2D eigenvalue weighted by Gasteiger charge is -2.17. The van der Waals surface area contributed by atoms with Gasteiger partial charge in [0.15, 0.2) is 6.10 Å². The summed E-state index contributed by atoms with van der Waals surface area (Å²) in [4.78, 5) is 46.8. The molecule has 0 saturated heterocycles. The zero-order valence-corrected chi connectivity index (χ0v) is 17.3. The summed E-state index contributed by atoms with van der Waals surface area (Å²) in [5.41, 5.74) is 1.11. The first kappa shape index (κ1) is 19.9. The number of esters is 1. The van der Waals surface area contributed by atoms with Crippen LogP contribution < -0.4 is 5.56 Å². The van der Waals surface area contributed by atoms with Gasteiger partial charge >= 0.3 is 5.97 Å². The van der Waals surface area contributed by atoms with Gasteiger partial charge in [0.2, 0.25) is 0 Å². The van der Waals surface area contributed by atoms with Gasteiger partial charge in [0.05, 0.1) is 17.6 Å². The van der Waals surface area contributed by atoms with E-state index >= 15 is 0 Å². The highest BCUT2D eigenvalue weighted by Gasteiger charge is 2.21. The van der Waals surface area contributed by atoms with Crippen LogP contribution in [0.25, 0.3) is 10.2 Å². The third-order valence-corrected chi connectivity index (χ3v) is 6.57. The van der Waals surface area contributed by atoms with E-state index in [1.807, 2.05) is 0 Å². The fraction of sp³-hybridized carbons (Fsp3) is 0.556. The molecule has 0 saturated carbocycles. The van der Waals surface area contributed by atoms with Crippen LogP contribution in [-0.2, 0) is 32.9 Å². The number of aromatic nitrogens is 2. The number of carbonyl (C=O) groups is 2. The maximum atomic E-state index is 12.4. The van der Waals surface area contributed by atoms with E-state index in [9.17, 15) is 14.4 Å². The fourth-order valence-corrected chi connectivity index (χ4v) is 5.18. The lowest BCUT2D eigenvalue weighted by atomic mass is 10.2. The maximum Gasteiger partial charge on any atom is 0.307 e. The molecule has 0 fully saturated rings. The van der Waals surface area contributed by atoms with Gasteiger partial charge in [-0.05, 0) is 31.7 Å². The number of thiophene rings is 1. The summed E-state index contributed by atoms with van der Waals surface area (Å²) in [6.45, 7) is 1.57. The SMILES string of the molecule is C[C@@H](OC(=O)CCSCc1nc2sc3c(c2c(=O)[nH]1)CCC3)C(=O)N(C)C. The highest BCUT2D eigenvalue weighted by Crippen LogP contribution is 2.34. The first-order valence-corrected chi connectivity index (χ1v) is 10.9. The van der Waals surface area contributed by atoms with Gasteiger partial charge in [0, 0.05) is 24.7 Å². The first-order valence-electron chi connectivity index (χ1n) is 8.88. The average molecular weight is 410 g/mol. The lowest BCUT2D eigenvalue weighted by molar-refractivity contribution is -0.157. The predicted octanol–water partition coefficient (Wildman–Crippen LogP) is 2.12. The van der Waals surface area contributed by atoms with E-state index in [1.54, 1.807) is 32.4 Å². The van der Waals surface area contributed by atoms with Crippen molar-refractivity contribution in [2.75, 3.05) is 19.8 Å². The molecule has 27 heavy (non-hydrogen) atoms. The minimum Gasteiger partial charge on any atom is -0.453 e. The van der Waals surface area contributed by atoms with E-state index in [2.05, 4.69) is 9.97 Å². The maximum absolute atomic E-state index is 12.4. The van der Waals surface area contributed by atoms with Gasteiger partial charge in [-0.3, -0.25) is 14.4 Å². The van der Waals surface area contributed by atoms with Crippen LogP contribution in [0.3, 0.4) is 0 Å². The number of likely N-dealkylation sites (N-methyl/N-ethyl adjacent to an activating group) is 1. The molecule has 3 rings (SSSR count). The summed E-state index contributed by atoms with van der Waals surface area (Å²) >= 11 is 3.12. The molecule has 1 atom stereocenters. The van der Waals surface area contributed by atoms with Gasteiger partial charge in [0.1, 0.15) is 10.7 Å². The quantitative estimate of drug-likeness (QED) is 0.556. The number of amides is 1. The van der Waals surface area contributed by atoms with E-state index in [0.717, 1.165) is 29.5 Å². The Hall–Kier alpha value is -1.87. The number of hydrogen-bond acceptors (Lipinski definition) is 7. The molecule has 9 heteroatoms. The van der Waals surface area contributed by atoms with Crippen LogP contribution in [0.15, 0.2) is 4.79 Å². The van der Waals surface area contributed by atoms with Crippen molar-refractivity contribution in [3.05, 3.63) is 26.6 Å². The summed E-state index contributed by atoms with van der Waals surface area (Å²) in [7, 11) is 3.24. The normalized spacial score (nSPS) is 14.2. The molecule has 0 radical (unpaired) electrons. The van der Waals surface area contributed by atoms with Crippen LogP contribution in [0.1, 0.15) is 36.0 Å². The molecule has 0 aromatic carbocycles. The van der Waals surface area contributed by atoms with Crippen molar-refractivity contribution in [1.82, 2.24) is 14.9 Å². The Bertz CT molecular complexity index is 919.